The Morgan fingerprint density at radius 1 is 1.43 bits per heavy atom. The predicted octanol–water partition coefficient (Wildman–Crippen LogP) is 2.02. The molecule has 0 aromatic carbocycles. The van der Waals surface area contributed by atoms with Crippen LogP contribution in [0.2, 0.25) is 0 Å². The van der Waals surface area contributed by atoms with Crippen LogP contribution in [0.5, 0.6) is 0 Å². The van der Waals surface area contributed by atoms with E-state index in [0.29, 0.717) is 12.1 Å². The first-order valence-corrected chi connectivity index (χ1v) is 5.99. The number of rotatable bonds is 1. The van der Waals surface area contributed by atoms with E-state index in [4.69, 9.17) is 0 Å². The van der Waals surface area contributed by atoms with Crippen molar-refractivity contribution in [3.63, 3.8) is 0 Å². The molecule has 0 aliphatic carbocycles. The Morgan fingerprint density at radius 2 is 2.21 bits per heavy atom. The zero-order valence-corrected chi connectivity index (χ0v) is 9.90. The van der Waals surface area contributed by atoms with Gasteiger partial charge in [0, 0.05) is 28.9 Å². The van der Waals surface area contributed by atoms with Gasteiger partial charge in [-0.1, -0.05) is 0 Å². The van der Waals surface area contributed by atoms with Gasteiger partial charge >= 0.3 is 0 Å². The van der Waals surface area contributed by atoms with E-state index in [2.05, 4.69) is 43.2 Å². The zero-order valence-electron chi connectivity index (χ0n) is 9.08. The maximum Gasteiger partial charge on any atom is 0.0566 e. The average Bonchev–Trinajstić information content (AvgIpc) is 2.57. The number of hydrogen-bond acceptors (Lipinski definition) is 3. The molecule has 1 saturated heterocycles. The maximum atomic E-state index is 3.49. The molecule has 1 N–H and O–H groups in total. The first-order valence-electron chi connectivity index (χ1n) is 5.17. The van der Waals surface area contributed by atoms with Gasteiger partial charge in [-0.15, -0.1) is 11.3 Å². The molecule has 78 valence electrons. The lowest BCUT2D eigenvalue weighted by atomic mass is 10.1. The zero-order chi connectivity index (χ0) is 10.1. The highest BCUT2D eigenvalue weighted by Crippen LogP contribution is 2.28. The Labute approximate surface area is 89.9 Å². The van der Waals surface area contributed by atoms with Crippen LogP contribution in [0.4, 0.5) is 0 Å². The lowest BCUT2D eigenvalue weighted by Crippen LogP contribution is -2.49. The topological polar surface area (TPSA) is 15.3 Å². The van der Waals surface area contributed by atoms with E-state index in [-0.39, 0.29) is 0 Å². The number of aryl methyl sites for hydroxylation is 1. The Hall–Kier alpha value is -0.380. The lowest BCUT2D eigenvalue weighted by Gasteiger charge is -2.37. The molecule has 14 heavy (non-hydrogen) atoms. The van der Waals surface area contributed by atoms with Crippen molar-refractivity contribution in [2.75, 3.05) is 20.1 Å². The van der Waals surface area contributed by atoms with Gasteiger partial charge in [0.25, 0.3) is 0 Å². The Kier molecular flexibility index (Phi) is 2.91. The van der Waals surface area contributed by atoms with Crippen molar-refractivity contribution < 1.29 is 0 Å². The summed E-state index contributed by atoms with van der Waals surface area (Å²) in [7, 11) is 2.23. The summed E-state index contributed by atoms with van der Waals surface area (Å²) in [6.07, 6.45) is 0. The fourth-order valence-electron chi connectivity index (χ4n) is 1.96. The molecule has 2 rings (SSSR count). The number of thiophene rings is 1. The Bertz CT molecular complexity index is 308. The van der Waals surface area contributed by atoms with Crippen LogP contribution in [-0.2, 0) is 0 Å². The molecule has 0 saturated carbocycles. The largest absolute Gasteiger partial charge is 0.313 e. The van der Waals surface area contributed by atoms with Crippen molar-refractivity contribution in [3.05, 3.63) is 21.9 Å². The molecule has 2 atom stereocenters. The molecule has 3 heteroatoms. The summed E-state index contributed by atoms with van der Waals surface area (Å²) in [5.74, 6) is 0. The minimum absolute atomic E-state index is 0.567. The Balaban J connectivity index is 2.17. The van der Waals surface area contributed by atoms with Gasteiger partial charge in [0.05, 0.1) is 6.04 Å². The highest BCUT2D eigenvalue weighted by atomic mass is 32.1. The third-order valence-corrected chi connectivity index (χ3v) is 4.16. The second-order valence-electron chi connectivity index (χ2n) is 4.14. The summed E-state index contributed by atoms with van der Waals surface area (Å²) in [6.45, 7) is 6.64. The van der Waals surface area contributed by atoms with E-state index >= 15 is 0 Å². The van der Waals surface area contributed by atoms with Crippen LogP contribution in [0.15, 0.2) is 12.1 Å². The van der Waals surface area contributed by atoms with Crippen LogP contribution in [0.1, 0.15) is 22.7 Å². The van der Waals surface area contributed by atoms with Crippen LogP contribution in [0.3, 0.4) is 0 Å². The quantitative estimate of drug-likeness (QED) is 0.763. The molecular formula is C11H18N2S. The van der Waals surface area contributed by atoms with Gasteiger partial charge in [0.2, 0.25) is 0 Å². The minimum atomic E-state index is 0.567. The molecule has 1 aromatic heterocycles. The van der Waals surface area contributed by atoms with Gasteiger partial charge in [-0.3, -0.25) is 4.90 Å². The molecule has 0 amide bonds. The van der Waals surface area contributed by atoms with Crippen molar-refractivity contribution in [1.29, 1.82) is 0 Å². The molecule has 1 unspecified atom stereocenters. The lowest BCUT2D eigenvalue weighted by molar-refractivity contribution is 0.144. The molecule has 1 aliphatic rings. The van der Waals surface area contributed by atoms with E-state index in [1.807, 2.05) is 11.3 Å². The monoisotopic (exact) mass is 210 g/mol. The highest BCUT2D eigenvalue weighted by Gasteiger charge is 2.26. The normalized spacial score (nSPS) is 29.4. The van der Waals surface area contributed by atoms with Gasteiger partial charge in [-0.05, 0) is 33.0 Å². The number of hydrogen-bond donors (Lipinski definition) is 1. The Morgan fingerprint density at radius 3 is 2.86 bits per heavy atom. The molecule has 1 aromatic rings. The van der Waals surface area contributed by atoms with E-state index in [0.717, 1.165) is 13.1 Å². The van der Waals surface area contributed by atoms with E-state index in [1.54, 1.807) is 0 Å². The summed E-state index contributed by atoms with van der Waals surface area (Å²) in [5.41, 5.74) is 0. The molecule has 2 nitrogen and oxygen atoms in total. The van der Waals surface area contributed by atoms with Gasteiger partial charge in [-0.2, -0.15) is 0 Å². The van der Waals surface area contributed by atoms with Gasteiger partial charge in [0.15, 0.2) is 0 Å². The molecule has 0 radical (unpaired) electrons. The van der Waals surface area contributed by atoms with Crippen molar-refractivity contribution in [2.24, 2.45) is 0 Å². The van der Waals surface area contributed by atoms with Gasteiger partial charge < -0.3 is 5.32 Å². The van der Waals surface area contributed by atoms with Gasteiger partial charge in [0.1, 0.15) is 0 Å². The minimum Gasteiger partial charge on any atom is -0.313 e. The predicted molar refractivity (Wildman–Crippen MR) is 61.9 cm³/mol. The van der Waals surface area contributed by atoms with Crippen LogP contribution in [0.25, 0.3) is 0 Å². The molecule has 2 heterocycles. The van der Waals surface area contributed by atoms with E-state index in [9.17, 15) is 0 Å². The second-order valence-corrected chi connectivity index (χ2v) is 5.46. The fraction of sp³-hybridized carbons (Fsp3) is 0.636. The summed E-state index contributed by atoms with van der Waals surface area (Å²) in [6, 6.07) is 5.68. The van der Waals surface area contributed by atoms with Crippen LogP contribution >= 0.6 is 11.3 Å². The third kappa shape index (κ3) is 1.85. The number of likely N-dealkylation sites (N-methyl/N-ethyl adjacent to an activating group) is 1. The molecular weight excluding hydrogens is 192 g/mol. The summed E-state index contributed by atoms with van der Waals surface area (Å²) in [4.78, 5) is 5.37. The van der Waals surface area contributed by atoms with Crippen molar-refractivity contribution in [1.82, 2.24) is 10.2 Å². The molecule has 0 spiro atoms. The molecule has 1 fully saturated rings. The average molecular weight is 210 g/mol. The van der Waals surface area contributed by atoms with Crippen molar-refractivity contribution in [3.8, 4) is 0 Å². The summed E-state index contributed by atoms with van der Waals surface area (Å²) < 4.78 is 0. The highest BCUT2D eigenvalue weighted by molar-refractivity contribution is 7.12. The SMILES string of the molecule is Cc1ccc(C2CNC[C@H](C)N2C)s1. The molecule has 0 bridgehead atoms. The first kappa shape index (κ1) is 10.1. The van der Waals surface area contributed by atoms with E-state index in [1.165, 1.54) is 9.75 Å². The maximum absolute atomic E-state index is 3.49. The van der Waals surface area contributed by atoms with Crippen molar-refractivity contribution in [2.45, 2.75) is 25.9 Å². The fourth-order valence-corrected chi connectivity index (χ4v) is 2.99. The van der Waals surface area contributed by atoms with E-state index < -0.39 is 0 Å². The van der Waals surface area contributed by atoms with Gasteiger partial charge in [-0.25, -0.2) is 0 Å². The first-order chi connectivity index (χ1) is 6.68. The van der Waals surface area contributed by atoms with Crippen LogP contribution in [-0.4, -0.2) is 31.1 Å². The number of piperazine rings is 1. The second kappa shape index (κ2) is 4.01. The third-order valence-electron chi connectivity index (χ3n) is 3.05. The summed E-state index contributed by atoms with van der Waals surface area (Å²) >= 11 is 1.92. The smallest absolute Gasteiger partial charge is 0.0566 e. The van der Waals surface area contributed by atoms with Crippen molar-refractivity contribution >= 4 is 11.3 Å². The number of nitrogens with zero attached hydrogens (tertiary/aromatic N) is 1. The van der Waals surface area contributed by atoms with Crippen LogP contribution < -0.4 is 5.32 Å². The summed E-state index contributed by atoms with van der Waals surface area (Å²) in [5, 5.41) is 3.49. The molecule has 1 aliphatic heterocycles. The van der Waals surface area contributed by atoms with Crippen LogP contribution in [0, 0.1) is 6.92 Å². The number of nitrogens with one attached hydrogen (secondary N) is 1. The standard InChI is InChI=1S/C11H18N2S/c1-8-6-12-7-10(13(8)3)11-5-4-9(2)14-11/h4-5,8,10,12H,6-7H2,1-3H3/t8-,10?/m0/s1.